The highest BCUT2D eigenvalue weighted by Gasteiger charge is 2.13. The highest BCUT2D eigenvalue weighted by Crippen LogP contribution is 2.11. The number of anilines is 1. The third-order valence-electron chi connectivity index (χ3n) is 2.32. The normalized spacial score (nSPS) is 11.2. The van der Waals surface area contributed by atoms with Crippen LogP contribution in [0.25, 0.3) is 0 Å². The summed E-state index contributed by atoms with van der Waals surface area (Å²) in [4.78, 5) is 6.70. The molecule has 0 spiro atoms. The number of H-pyrrole nitrogens is 1. The molecule has 8 heteroatoms. The van der Waals surface area contributed by atoms with E-state index in [0.717, 1.165) is 0 Å². The van der Waals surface area contributed by atoms with Gasteiger partial charge in [0.05, 0.1) is 5.75 Å². The zero-order chi connectivity index (χ0) is 13.9. The fourth-order valence-corrected chi connectivity index (χ4v) is 2.76. The highest BCUT2D eigenvalue weighted by atomic mass is 32.2. The van der Waals surface area contributed by atoms with Crippen LogP contribution in [0.15, 0.2) is 36.7 Å². The molecule has 0 aliphatic heterocycles. The number of rotatable bonds is 5. The number of aromatic nitrogens is 2. The van der Waals surface area contributed by atoms with Gasteiger partial charge in [0.1, 0.15) is 4.99 Å². The Morgan fingerprint density at radius 1 is 1.47 bits per heavy atom. The van der Waals surface area contributed by atoms with Gasteiger partial charge in [-0.3, -0.25) is 4.72 Å². The van der Waals surface area contributed by atoms with Crippen LogP contribution in [0.3, 0.4) is 0 Å². The zero-order valence-corrected chi connectivity index (χ0v) is 11.5. The number of hydrogen-bond acceptors (Lipinski definition) is 4. The third-order valence-corrected chi connectivity index (χ3v) is 3.77. The SMILES string of the molecule is NC(=S)c1cccc(CS(=O)(=O)Nc2ncc[nH]2)c1. The Labute approximate surface area is 116 Å². The summed E-state index contributed by atoms with van der Waals surface area (Å²) in [6.07, 6.45) is 3.00. The summed E-state index contributed by atoms with van der Waals surface area (Å²) >= 11 is 4.85. The summed E-state index contributed by atoms with van der Waals surface area (Å²) in [5.74, 6) is 0.00921. The second-order valence-electron chi connectivity index (χ2n) is 3.86. The molecule has 0 aliphatic rings. The van der Waals surface area contributed by atoms with Crippen molar-refractivity contribution in [3.63, 3.8) is 0 Å². The molecule has 2 rings (SSSR count). The minimum atomic E-state index is -3.53. The summed E-state index contributed by atoms with van der Waals surface area (Å²) in [5, 5.41) is 0. The van der Waals surface area contributed by atoms with E-state index in [2.05, 4.69) is 14.7 Å². The van der Waals surface area contributed by atoms with Gasteiger partial charge in [0.25, 0.3) is 0 Å². The van der Waals surface area contributed by atoms with Gasteiger partial charge in [-0.2, -0.15) is 0 Å². The fraction of sp³-hybridized carbons (Fsp3) is 0.0909. The fourth-order valence-electron chi connectivity index (χ4n) is 1.54. The number of thiocarbonyl (C=S) groups is 1. The Balaban J connectivity index is 2.16. The number of imidazole rings is 1. The summed E-state index contributed by atoms with van der Waals surface area (Å²) < 4.78 is 26.2. The number of hydrogen-bond donors (Lipinski definition) is 3. The first-order chi connectivity index (χ1) is 8.96. The molecule has 0 radical (unpaired) electrons. The van der Waals surface area contributed by atoms with Crippen LogP contribution in [0.1, 0.15) is 11.1 Å². The number of sulfonamides is 1. The Kier molecular flexibility index (Phi) is 3.82. The first-order valence-corrected chi connectivity index (χ1v) is 7.41. The molecule has 0 saturated heterocycles. The van der Waals surface area contributed by atoms with Gasteiger partial charge >= 0.3 is 0 Å². The van der Waals surface area contributed by atoms with E-state index in [1.807, 2.05) is 0 Å². The van der Waals surface area contributed by atoms with Crippen molar-refractivity contribution in [3.8, 4) is 0 Å². The van der Waals surface area contributed by atoms with Crippen molar-refractivity contribution >= 4 is 33.2 Å². The molecule has 0 amide bonds. The molecule has 2 aromatic rings. The monoisotopic (exact) mass is 296 g/mol. The lowest BCUT2D eigenvalue weighted by molar-refractivity contribution is 0.600. The van der Waals surface area contributed by atoms with Gasteiger partial charge in [-0.1, -0.05) is 30.4 Å². The average Bonchev–Trinajstić information content (AvgIpc) is 2.80. The Bertz CT molecular complexity index is 680. The average molecular weight is 296 g/mol. The van der Waals surface area contributed by atoms with Crippen molar-refractivity contribution in [2.75, 3.05) is 4.72 Å². The van der Waals surface area contributed by atoms with E-state index in [1.165, 1.54) is 12.4 Å². The molecule has 100 valence electrons. The second-order valence-corrected chi connectivity index (χ2v) is 6.03. The van der Waals surface area contributed by atoms with Gasteiger partial charge in [0.2, 0.25) is 16.0 Å². The molecule has 0 aliphatic carbocycles. The standard InChI is InChI=1S/C11H12N4O2S2/c12-10(18)9-3-1-2-8(6-9)7-19(16,17)15-11-13-4-5-14-11/h1-6H,7H2,(H2,12,18)(H2,13,14,15). The Morgan fingerprint density at radius 3 is 2.89 bits per heavy atom. The molecule has 1 aromatic carbocycles. The van der Waals surface area contributed by atoms with E-state index < -0.39 is 10.0 Å². The Hall–Kier alpha value is -1.93. The number of nitrogens with two attached hydrogens (primary N) is 1. The van der Waals surface area contributed by atoms with E-state index in [0.29, 0.717) is 11.1 Å². The molecule has 0 saturated carbocycles. The lowest BCUT2D eigenvalue weighted by atomic mass is 10.1. The molecule has 1 heterocycles. The van der Waals surface area contributed by atoms with Crippen LogP contribution in [0.2, 0.25) is 0 Å². The first-order valence-electron chi connectivity index (χ1n) is 5.35. The number of aromatic amines is 1. The lowest BCUT2D eigenvalue weighted by Crippen LogP contribution is -2.16. The van der Waals surface area contributed by atoms with Crippen LogP contribution >= 0.6 is 12.2 Å². The smallest absolute Gasteiger partial charge is 0.239 e. The number of nitrogens with zero attached hydrogens (tertiary/aromatic N) is 1. The van der Waals surface area contributed by atoms with Crippen molar-refractivity contribution in [1.82, 2.24) is 9.97 Å². The molecule has 1 aromatic heterocycles. The van der Waals surface area contributed by atoms with Gasteiger partial charge in [-0.25, -0.2) is 13.4 Å². The van der Waals surface area contributed by atoms with Crippen LogP contribution in [0.5, 0.6) is 0 Å². The number of benzene rings is 1. The van der Waals surface area contributed by atoms with Crippen molar-refractivity contribution in [2.45, 2.75) is 5.75 Å². The maximum atomic E-state index is 11.9. The van der Waals surface area contributed by atoms with Crippen molar-refractivity contribution in [1.29, 1.82) is 0 Å². The third kappa shape index (κ3) is 3.76. The van der Waals surface area contributed by atoms with Crippen molar-refractivity contribution in [3.05, 3.63) is 47.8 Å². The van der Waals surface area contributed by atoms with Gasteiger partial charge in [-0.15, -0.1) is 0 Å². The van der Waals surface area contributed by atoms with Crippen molar-refractivity contribution < 1.29 is 8.42 Å². The van der Waals surface area contributed by atoms with Crippen LogP contribution < -0.4 is 10.5 Å². The molecule has 0 atom stereocenters. The van der Waals surface area contributed by atoms with Crippen LogP contribution in [0, 0.1) is 0 Å². The quantitative estimate of drug-likeness (QED) is 0.714. The molecule has 0 fully saturated rings. The van der Waals surface area contributed by atoms with E-state index in [-0.39, 0.29) is 16.7 Å². The predicted octanol–water partition coefficient (Wildman–Crippen LogP) is 0.986. The lowest BCUT2D eigenvalue weighted by Gasteiger charge is -2.06. The van der Waals surface area contributed by atoms with E-state index in [9.17, 15) is 8.42 Å². The van der Waals surface area contributed by atoms with Crippen LogP contribution in [-0.2, 0) is 15.8 Å². The molecule has 4 N–H and O–H groups in total. The second kappa shape index (κ2) is 5.37. The van der Waals surface area contributed by atoms with Gasteiger partial charge in [0.15, 0.2) is 0 Å². The highest BCUT2D eigenvalue weighted by molar-refractivity contribution is 7.91. The summed E-state index contributed by atoms with van der Waals surface area (Å²) in [6, 6.07) is 6.80. The van der Waals surface area contributed by atoms with Crippen LogP contribution in [-0.4, -0.2) is 23.4 Å². The minimum Gasteiger partial charge on any atom is -0.389 e. The molecule has 6 nitrogen and oxygen atoms in total. The topological polar surface area (TPSA) is 101 Å². The number of nitrogens with one attached hydrogen (secondary N) is 2. The molecule has 0 unspecified atom stereocenters. The van der Waals surface area contributed by atoms with E-state index in [4.69, 9.17) is 18.0 Å². The van der Waals surface area contributed by atoms with E-state index in [1.54, 1.807) is 24.3 Å². The molecular formula is C11H12N4O2S2. The van der Waals surface area contributed by atoms with Crippen molar-refractivity contribution in [2.24, 2.45) is 5.73 Å². The molecule has 0 bridgehead atoms. The Morgan fingerprint density at radius 2 is 2.26 bits per heavy atom. The van der Waals surface area contributed by atoms with Gasteiger partial charge in [-0.05, 0) is 11.6 Å². The van der Waals surface area contributed by atoms with Gasteiger partial charge in [0, 0.05) is 18.0 Å². The summed E-state index contributed by atoms with van der Waals surface area (Å²) in [6.45, 7) is 0. The largest absolute Gasteiger partial charge is 0.389 e. The van der Waals surface area contributed by atoms with E-state index >= 15 is 0 Å². The minimum absolute atomic E-state index is 0.176. The molecule has 19 heavy (non-hydrogen) atoms. The molecular weight excluding hydrogens is 284 g/mol. The maximum Gasteiger partial charge on any atom is 0.239 e. The van der Waals surface area contributed by atoms with Crippen LogP contribution in [0.4, 0.5) is 5.95 Å². The van der Waals surface area contributed by atoms with Gasteiger partial charge < -0.3 is 10.7 Å². The first kappa shape index (κ1) is 13.5. The summed E-state index contributed by atoms with van der Waals surface area (Å²) in [7, 11) is -3.53. The zero-order valence-electron chi connectivity index (χ0n) is 9.83. The predicted molar refractivity (Wildman–Crippen MR) is 77.2 cm³/mol. The summed E-state index contributed by atoms with van der Waals surface area (Å²) in [5.41, 5.74) is 6.75. The maximum absolute atomic E-state index is 11.9.